The highest BCUT2D eigenvalue weighted by atomic mass is 32.2. The van der Waals surface area contributed by atoms with Crippen molar-refractivity contribution in [1.29, 1.82) is 0 Å². The number of carboxylic acids is 1. The van der Waals surface area contributed by atoms with Crippen LogP contribution in [0.4, 0.5) is 4.79 Å². The number of aliphatic hydroxyl groups is 11. The second kappa shape index (κ2) is 26.5. The molecule has 0 aromatic heterocycles. The number of nitrogens with one attached hydrogen (secondary N) is 6. The molecule has 6 amide bonds. The van der Waals surface area contributed by atoms with Gasteiger partial charge in [0.25, 0.3) is 0 Å². The van der Waals surface area contributed by atoms with Gasteiger partial charge in [0.05, 0.1) is 44.9 Å². The van der Waals surface area contributed by atoms with Gasteiger partial charge < -0.3 is 126 Å². The lowest BCUT2D eigenvalue weighted by molar-refractivity contribution is -0.363. The molecule has 0 bridgehead atoms. The molecule has 24 atom stereocenters. The number of hydrogen-bond acceptors (Lipinski definition) is 25. The van der Waals surface area contributed by atoms with Crippen molar-refractivity contribution in [2.75, 3.05) is 32.2 Å². The first-order valence-electron chi connectivity index (χ1n) is 23.9. The fraction of sp³-hybridized carbons (Fsp3) is 0.857. The van der Waals surface area contributed by atoms with Gasteiger partial charge >= 0.3 is 12.0 Å². The van der Waals surface area contributed by atoms with E-state index in [9.17, 15) is 90.0 Å². The summed E-state index contributed by atoms with van der Waals surface area (Å²) >= 11 is 1.70. The van der Waals surface area contributed by atoms with Gasteiger partial charge in [-0.3, -0.25) is 19.2 Å². The van der Waals surface area contributed by atoms with E-state index in [0.29, 0.717) is 19.3 Å². The molecule has 6 aliphatic heterocycles. The summed E-state index contributed by atoms with van der Waals surface area (Å²) in [6.45, 7) is -1.44. The molecule has 0 saturated carbocycles. The van der Waals surface area contributed by atoms with E-state index in [4.69, 9.17) is 33.2 Å². The number of aliphatic carboxylic acids is 1. The lowest BCUT2D eigenvalue weighted by atomic mass is 9.93. The lowest BCUT2D eigenvalue weighted by Crippen LogP contribution is -2.71. The van der Waals surface area contributed by atoms with E-state index in [1.54, 1.807) is 11.8 Å². The smallest absolute Gasteiger partial charge is 0.326 e. The average molecular weight is 1090 g/mol. The summed E-state index contributed by atoms with van der Waals surface area (Å²) in [6, 6.07) is -5.29. The highest BCUT2D eigenvalue weighted by Gasteiger charge is 2.55. The number of thioether (sulfide) groups is 1. The van der Waals surface area contributed by atoms with E-state index >= 15 is 0 Å². The number of fused-ring (bicyclic) bond motifs is 1. The second-order valence-electron chi connectivity index (χ2n) is 18.8. The van der Waals surface area contributed by atoms with Crippen LogP contribution >= 0.6 is 11.8 Å². The number of carbonyl (C=O) groups is 6. The predicted molar refractivity (Wildman–Crippen MR) is 241 cm³/mol. The van der Waals surface area contributed by atoms with Crippen LogP contribution < -0.4 is 31.9 Å². The topological polar surface area (TPSA) is 482 Å². The molecule has 6 rings (SSSR count). The Morgan fingerprint density at radius 2 is 1.20 bits per heavy atom. The van der Waals surface area contributed by atoms with Crippen molar-refractivity contribution in [2.24, 2.45) is 0 Å². The Bertz CT molecular complexity index is 1940. The molecule has 0 aromatic carbocycles. The molecule has 6 fully saturated rings. The number of amides is 6. The zero-order valence-corrected chi connectivity index (χ0v) is 40.8. The highest BCUT2D eigenvalue weighted by molar-refractivity contribution is 8.00. The molecule has 74 heavy (non-hydrogen) atoms. The number of carbonyl (C=O) groups excluding carboxylic acids is 5. The SMILES string of the molecule is CC(=O)NC1[C@H](O[C@H]2C(CO)O[C@@H](NC(=O)CC(NC(=O)CCCCC3SCC4NC(=O)NC43)C(=O)O)C(NC(C)=O)[C@H]2O)OC(CO)[C@H](O[C@@H]2OC(CO[C@@H]3OC(CO)[C@H](O)[C@H](O)C3O)[C@H](O)[C@H](O)C2O)[C@@H]1O. The van der Waals surface area contributed by atoms with Crippen LogP contribution in [0.2, 0.25) is 0 Å². The summed E-state index contributed by atoms with van der Waals surface area (Å²) in [5.41, 5.74) is 0. The number of unbranched alkanes of at least 4 members (excludes halogenated alkanes) is 1. The molecular formula is C42H68N6O25S. The van der Waals surface area contributed by atoms with Crippen LogP contribution in [-0.2, 0) is 57.1 Å². The number of hydrogen-bond donors (Lipinski definition) is 18. The third-order valence-corrected chi connectivity index (χ3v) is 14.9. The second-order valence-corrected chi connectivity index (χ2v) is 20.1. The number of aliphatic hydroxyl groups excluding tert-OH is 11. The van der Waals surface area contributed by atoms with E-state index in [1.807, 2.05) is 0 Å². The van der Waals surface area contributed by atoms with Gasteiger partial charge in [-0.1, -0.05) is 6.42 Å². The molecule has 12 unspecified atom stereocenters. The molecule has 31 nitrogen and oxygen atoms in total. The van der Waals surface area contributed by atoms with Crippen molar-refractivity contribution in [3.05, 3.63) is 0 Å². The van der Waals surface area contributed by atoms with Crippen LogP contribution in [0.1, 0.15) is 46.0 Å². The van der Waals surface area contributed by atoms with Gasteiger partial charge in [-0.15, -0.1) is 0 Å². The van der Waals surface area contributed by atoms with Gasteiger partial charge in [0, 0.05) is 31.3 Å². The summed E-state index contributed by atoms with van der Waals surface area (Å²) < 4.78 is 40.0. The van der Waals surface area contributed by atoms with Crippen molar-refractivity contribution in [3.8, 4) is 0 Å². The maximum atomic E-state index is 13.4. The van der Waals surface area contributed by atoms with Crippen LogP contribution in [0.25, 0.3) is 0 Å². The normalized spacial score (nSPS) is 41.5. The summed E-state index contributed by atoms with van der Waals surface area (Å²) in [6.07, 6.45) is -31.7. The predicted octanol–water partition coefficient (Wildman–Crippen LogP) is -9.65. The monoisotopic (exact) mass is 1090 g/mol. The molecule has 6 saturated heterocycles. The largest absolute Gasteiger partial charge is 0.480 e. The molecular weight excluding hydrogens is 1020 g/mol. The van der Waals surface area contributed by atoms with Crippen molar-refractivity contribution in [2.45, 2.75) is 192 Å². The Morgan fingerprint density at radius 1 is 0.649 bits per heavy atom. The summed E-state index contributed by atoms with van der Waals surface area (Å²) in [5, 5.41) is 142. The fourth-order valence-electron chi connectivity index (χ4n) is 9.54. The quantitative estimate of drug-likeness (QED) is 0.0354. The first kappa shape index (κ1) is 59.5. The third-order valence-electron chi connectivity index (χ3n) is 13.4. The summed E-state index contributed by atoms with van der Waals surface area (Å²) in [4.78, 5) is 75.0. The minimum atomic E-state index is -2.08. The minimum Gasteiger partial charge on any atom is -0.480 e. The maximum absolute atomic E-state index is 13.4. The van der Waals surface area contributed by atoms with Crippen molar-refractivity contribution < 1.29 is 123 Å². The van der Waals surface area contributed by atoms with Gasteiger partial charge in [0.15, 0.2) is 25.1 Å². The van der Waals surface area contributed by atoms with E-state index < -0.39 is 191 Å². The van der Waals surface area contributed by atoms with Crippen LogP contribution in [0.3, 0.4) is 0 Å². The van der Waals surface area contributed by atoms with E-state index in [1.165, 1.54) is 0 Å². The molecule has 0 spiro atoms. The summed E-state index contributed by atoms with van der Waals surface area (Å²) in [7, 11) is 0. The molecule has 6 aliphatic rings. The van der Waals surface area contributed by atoms with E-state index in [-0.39, 0.29) is 29.8 Å². The molecule has 18 N–H and O–H groups in total. The molecule has 0 aliphatic carbocycles. The van der Waals surface area contributed by atoms with Crippen molar-refractivity contribution in [1.82, 2.24) is 31.9 Å². The fourth-order valence-corrected chi connectivity index (χ4v) is 11.1. The van der Waals surface area contributed by atoms with Gasteiger partial charge in [0.2, 0.25) is 23.6 Å². The zero-order valence-electron chi connectivity index (χ0n) is 40.0. The molecule has 32 heteroatoms. The maximum Gasteiger partial charge on any atom is 0.326 e. The average Bonchev–Trinajstić information content (AvgIpc) is 3.91. The number of urea groups is 1. The summed E-state index contributed by atoms with van der Waals surface area (Å²) in [5.74, 6) is -4.09. The van der Waals surface area contributed by atoms with Crippen molar-refractivity contribution >= 4 is 47.4 Å². The first-order chi connectivity index (χ1) is 35.1. The van der Waals surface area contributed by atoms with Gasteiger partial charge in [-0.05, 0) is 12.8 Å². The molecule has 0 radical (unpaired) electrons. The van der Waals surface area contributed by atoms with Crippen molar-refractivity contribution in [3.63, 3.8) is 0 Å². The van der Waals surface area contributed by atoms with E-state index in [0.717, 1.165) is 19.6 Å². The Morgan fingerprint density at radius 3 is 1.82 bits per heavy atom. The van der Waals surface area contributed by atoms with Crippen LogP contribution in [0.5, 0.6) is 0 Å². The number of carboxylic acid groups (broad SMARTS) is 1. The lowest BCUT2D eigenvalue weighted by Gasteiger charge is -2.50. The molecule has 0 aromatic rings. The van der Waals surface area contributed by atoms with Gasteiger partial charge in [-0.25, -0.2) is 9.59 Å². The molecule has 6 heterocycles. The Labute approximate surface area is 425 Å². The van der Waals surface area contributed by atoms with Crippen LogP contribution in [0.15, 0.2) is 0 Å². The minimum absolute atomic E-state index is 0.0271. The Kier molecular flexibility index (Phi) is 21.3. The highest BCUT2D eigenvalue weighted by Crippen LogP contribution is 2.35. The van der Waals surface area contributed by atoms with Crippen LogP contribution in [-0.4, -0.2) is 275 Å². The third kappa shape index (κ3) is 14.2. The van der Waals surface area contributed by atoms with Gasteiger partial charge in [-0.2, -0.15) is 11.8 Å². The van der Waals surface area contributed by atoms with Gasteiger partial charge in [0.1, 0.15) is 104 Å². The Balaban J connectivity index is 1.08. The Hall–Kier alpha value is -3.75. The standard InChI is InChI=1S/C42H68N6O25S/c1-13(52)43-25-29(58)35(18(9-50)68-37(25)47-23(55)7-15(38(64)65)45-22(54)6-4-3-5-21-24-16(12-74-21)46-42(66)48-24)72-39-26(44-14(2)53)30(59)36(19(10-51)70-39)73-41-34(63)32(61)28(57)20(71-41)11-67-40-33(62)31(60)27(56)17(8-49)69-40/h15-21,24-37,39-41,49-51,56-63H,3-12H2,1-2H3,(H,43,52)(H,44,53)(H,45,54)(H,47,55)(H,64,65)(H2,46,48,66)/t15?,16?,17?,18?,19?,20?,21?,24?,25?,26?,27-,28-,29+,30+,31-,32-,33?,34?,35-,36-,37+,39-,40+,41-/m0/s1. The number of rotatable bonds is 22. The molecule has 422 valence electrons. The zero-order chi connectivity index (χ0) is 54.3. The van der Waals surface area contributed by atoms with E-state index in [2.05, 4.69) is 31.9 Å². The number of ether oxygens (including phenoxy) is 7. The first-order valence-corrected chi connectivity index (χ1v) is 25.0. The van der Waals surface area contributed by atoms with Crippen LogP contribution in [0, 0.1) is 0 Å².